The van der Waals surface area contributed by atoms with Gasteiger partial charge in [-0.15, -0.1) is 12.4 Å². The topological polar surface area (TPSA) is 15.3 Å². The van der Waals surface area contributed by atoms with Crippen molar-refractivity contribution in [1.82, 2.24) is 10.2 Å². The van der Waals surface area contributed by atoms with Gasteiger partial charge in [-0.1, -0.05) is 29.8 Å². The second-order valence-corrected chi connectivity index (χ2v) is 4.90. The van der Waals surface area contributed by atoms with Crippen molar-refractivity contribution >= 4 is 12.4 Å². The number of nitrogens with zero attached hydrogens (tertiary/aromatic N) is 1. The summed E-state index contributed by atoms with van der Waals surface area (Å²) in [5.41, 5.74) is 2.73. The highest BCUT2D eigenvalue weighted by Gasteiger charge is 2.19. The Labute approximate surface area is 111 Å². The molecule has 0 aliphatic carbocycles. The lowest BCUT2D eigenvalue weighted by Crippen LogP contribution is -2.35. The molecule has 1 unspecified atom stereocenters. The van der Waals surface area contributed by atoms with Gasteiger partial charge in [0.2, 0.25) is 0 Å². The van der Waals surface area contributed by atoms with E-state index < -0.39 is 0 Å². The third-order valence-corrected chi connectivity index (χ3v) is 3.46. The van der Waals surface area contributed by atoms with Crippen LogP contribution in [0.1, 0.15) is 24.0 Å². The molecule has 17 heavy (non-hydrogen) atoms. The molecule has 0 spiro atoms. The summed E-state index contributed by atoms with van der Waals surface area (Å²) in [6, 6.07) is 9.47. The molecule has 0 aromatic heterocycles. The molecule has 1 N–H and O–H groups in total. The summed E-state index contributed by atoms with van der Waals surface area (Å²) < 4.78 is 0. The van der Waals surface area contributed by atoms with Crippen LogP contribution in [-0.4, -0.2) is 31.1 Å². The first-order valence-corrected chi connectivity index (χ1v) is 6.22. The lowest BCUT2D eigenvalue weighted by molar-refractivity contribution is 0.300. The molecule has 0 bridgehead atoms. The zero-order valence-corrected chi connectivity index (χ0v) is 11.6. The highest BCUT2D eigenvalue weighted by molar-refractivity contribution is 5.85. The maximum Gasteiger partial charge on any atom is 0.0218 e. The Morgan fingerprint density at radius 3 is 2.88 bits per heavy atom. The van der Waals surface area contributed by atoms with Gasteiger partial charge in [-0.2, -0.15) is 0 Å². The number of likely N-dealkylation sites (N-methyl/N-ethyl adjacent to an activating group) is 1. The molecule has 1 saturated heterocycles. The van der Waals surface area contributed by atoms with Crippen LogP contribution in [0.2, 0.25) is 0 Å². The fourth-order valence-electron chi connectivity index (χ4n) is 2.44. The van der Waals surface area contributed by atoms with Gasteiger partial charge in [-0.05, 0) is 38.9 Å². The predicted octanol–water partition coefficient (Wildman–Crippen LogP) is 2.60. The van der Waals surface area contributed by atoms with E-state index in [4.69, 9.17) is 0 Å². The molecule has 1 heterocycles. The van der Waals surface area contributed by atoms with Gasteiger partial charge >= 0.3 is 0 Å². The van der Waals surface area contributed by atoms with Gasteiger partial charge < -0.3 is 10.2 Å². The minimum Gasteiger partial charge on any atom is -0.311 e. The Kier molecular flexibility index (Phi) is 5.96. The first-order valence-electron chi connectivity index (χ1n) is 6.22. The molecule has 0 amide bonds. The minimum atomic E-state index is 0. The molecule has 1 aliphatic rings. The second kappa shape index (κ2) is 7.00. The highest BCUT2D eigenvalue weighted by Crippen LogP contribution is 2.13. The molecule has 1 aromatic carbocycles. The van der Waals surface area contributed by atoms with Gasteiger partial charge in [-0.3, -0.25) is 0 Å². The van der Waals surface area contributed by atoms with Crippen LogP contribution < -0.4 is 5.32 Å². The standard InChI is InChI=1S/C14H22N2.ClH/c1-12-5-3-6-13(9-12)10-15-11-14-7-4-8-16(14)2;/h3,5-6,9,14-15H,4,7-8,10-11H2,1-2H3;1H. The molecule has 3 heteroatoms. The number of hydrogen-bond acceptors (Lipinski definition) is 2. The molecule has 96 valence electrons. The third-order valence-electron chi connectivity index (χ3n) is 3.46. The Balaban J connectivity index is 0.00000144. The molecular weight excluding hydrogens is 232 g/mol. The van der Waals surface area contributed by atoms with E-state index in [2.05, 4.69) is 48.5 Å². The number of nitrogens with one attached hydrogen (secondary N) is 1. The maximum atomic E-state index is 3.56. The SMILES string of the molecule is Cc1cccc(CNCC2CCCN2C)c1.Cl. The van der Waals surface area contributed by atoms with Crippen LogP contribution in [0, 0.1) is 6.92 Å². The number of aryl methyl sites for hydroxylation is 1. The molecule has 0 radical (unpaired) electrons. The van der Waals surface area contributed by atoms with E-state index in [9.17, 15) is 0 Å². The molecule has 2 nitrogen and oxygen atoms in total. The predicted molar refractivity (Wildman–Crippen MR) is 75.8 cm³/mol. The van der Waals surface area contributed by atoms with Crippen LogP contribution in [-0.2, 0) is 6.54 Å². The van der Waals surface area contributed by atoms with Crippen LogP contribution in [0.4, 0.5) is 0 Å². The average Bonchev–Trinajstić information content (AvgIpc) is 2.65. The number of halogens is 1. The Hall–Kier alpha value is -0.570. The summed E-state index contributed by atoms with van der Waals surface area (Å²) in [6.07, 6.45) is 2.70. The number of hydrogen-bond donors (Lipinski definition) is 1. The molecule has 1 aromatic rings. The summed E-state index contributed by atoms with van der Waals surface area (Å²) in [4.78, 5) is 2.46. The van der Waals surface area contributed by atoms with Gasteiger partial charge in [0.1, 0.15) is 0 Å². The first-order chi connectivity index (χ1) is 7.75. The van der Waals surface area contributed by atoms with Gasteiger partial charge in [-0.25, -0.2) is 0 Å². The maximum absolute atomic E-state index is 3.56. The molecular formula is C14H23ClN2. The van der Waals surface area contributed by atoms with Crippen LogP contribution >= 0.6 is 12.4 Å². The molecule has 2 rings (SSSR count). The molecule has 1 atom stereocenters. The Morgan fingerprint density at radius 2 is 2.24 bits per heavy atom. The quantitative estimate of drug-likeness (QED) is 0.889. The van der Waals surface area contributed by atoms with Crippen molar-refractivity contribution in [3.05, 3.63) is 35.4 Å². The van der Waals surface area contributed by atoms with E-state index in [0.29, 0.717) is 0 Å². The first kappa shape index (κ1) is 14.5. The van der Waals surface area contributed by atoms with Crippen molar-refractivity contribution < 1.29 is 0 Å². The summed E-state index contributed by atoms with van der Waals surface area (Å²) in [6.45, 7) is 5.52. The largest absolute Gasteiger partial charge is 0.311 e. The van der Waals surface area contributed by atoms with E-state index in [1.165, 1.54) is 30.5 Å². The number of benzene rings is 1. The minimum absolute atomic E-state index is 0. The molecule has 1 fully saturated rings. The summed E-state index contributed by atoms with van der Waals surface area (Å²) >= 11 is 0. The third kappa shape index (κ3) is 4.30. The second-order valence-electron chi connectivity index (χ2n) is 4.90. The van der Waals surface area contributed by atoms with Crippen LogP contribution in [0.3, 0.4) is 0 Å². The molecule has 0 saturated carbocycles. The summed E-state index contributed by atoms with van der Waals surface area (Å²) in [7, 11) is 2.23. The fraction of sp³-hybridized carbons (Fsp3) is 0.571. The van der Waals surface area contributed by atoms with Gasteiger partial charge in [0.25, 0.3) is 0 Å². The lowest BCUT2D eigenvalue weighted by atomic mass is 10.1. The van der Waals surface area contributed by atoms with Crippen LogP contribution in [0.25, 0.3) is 0 Å². The van der Waals surface area contributed by atoms with Crippen molar-refractivity contribution in [3.63, 3.8) is 0 Å². The molecule has 1 aliphatic heterocycles. The lowest BCUT2D eigenvalue weighted by Gasteiger charge is -2.19. The van der Waals surface area contributed by atoms with E-state index in [1.807, 2.05) is 0 Å². The Bertz CT molecular complexity index is 341. The van der Waals surface area contributed by atoms with Crippen molar-refractivity contribution in [3.8, 4) is 0 Å². The fourth-order valence-corrected chi connectivity index (χ4v) is 2.44. The Morgan fingerprint density at radius 1 is 1.41 bits per heavy atom. The van der Waals surface area contributed by atoms with Gasteiger partial charge in [0, 0.05) is 19.1 Å². The van der Waals surface area contributed by atoms with E-state index in [0.717, 1.165) is 19.1 Å². The highest BCUT2D eigenvalue weighted by atomic mass is 35.5. The average molecular weight is 255 g/mol. The van der Waals surface area contributed by atoms with E-state index in [-0.39, 0.29) is 12.4 Å². The van der Waals surface area contributed by atoms with Crippen LogP contribution in [0.5, 0.6) is 0 Å². The van der Waals surface area contributed by atoms with E-state index in [1.54, 1.807) is 0 Å². The van der Waals surface area contributed by atoms with E-state index >= 15 is 0 Å². The smallest absolute Gasteiger partial charge is 0.0218 e. The summed E-state index contributed by atoms with van der Waals surface area (Å²) in [5.74, 6) is 0. The van der Waals surface area contributed by atoms with Crippen molar-refractivity contribution in [2.24, 2.45) is 0 Å². The van der Waals surface area contributed by atoms with Crippen molar-refractivity contribution in [1.29, 1.82) is 0 Å². The summed E-state index contributed by atoms with van der Waals surface area (Å²) in [5, 5.41) is 3.56. The monoisotopic (exact) mass is 254 g/mol. The number of likely N-dealkylation sites (tertiary alicyclic amines) is 1. The van der Waals surface area contributed by atoms with Crippen molar-refractivity contribution in [2.75, 3.05) is 20.1 Å². The number of rotatable bonds is 4. The zero-order chi connectivity index (χ0) is 11.4. The van der Waals surface area contributed by atoms with Crippen molar-refractivity contribution in [2.45, 2.75) is 32.4 Å². The van der Waals surface area contributed by atoms with Crippen LogP contribution in [0.15, 0.2) is 24.3 Å². The zero-order valence-electron chi connectivity index (χ0n) is 10.8. The van der Waals surface area contributed by atoms with Gasteiger partial charge in [0.15, 0.2) is 0 Å². The normalized spacial score (nSPS) is 20.2. The van der Waals surface area contributed by atoms with Gasteiger partial charge in [0.05, 0.1) is 0 Å².